The number of carboxylic acids is 1. The van der Waals surface area contributed by atoms with Crippen LogP contribution in [0.25, 0.3) is 0 Å². The first-order chi connectivity index (χ1) is 13.0. The number of cyclic esters (lactones) is 2. The molecule has 1 saturated heterocycles. The van der Waals surface area contributed by atoms with Gasteiger partial charge in [-0.3, -0.25) is 14.4 Å². The number of hydrogen-bond acceptors (Lipinski definition) is 4. The Labute approximate surface area is 161 Å². The number of carbonyl (C=O) groups is 3. The van der Waals surface area contributed by atoms with E-state index in [1.165, 1.54) is 0 Å². The number of rotatable bonds is 12. The molecule has 0 radical (unpaired) electrons. The van der Waals surface area contributed by atoms with E-state index in [0.717, 1.165) is 57.8 Å². The van der Waals surface area contributed by atoms with E-state index < -0.39 is 5.97 Å². The lowest BCUT2D eigenvalue weighted by Crippen LogP contribution is -2.33. The molecule has 1 N–H and O–H groups in total. The monoisotopic (exact) mass is 376 g/mol. The second kappa shape index (κ2) is 11.1. The summed E-state index contributed by atoms with van der Waals surface area (Å²) in [4.78, 5) is 34.8. The number of hydrogen-bond donors (Lipinski definition) is 1. The third-order valence-corrected chi connectivity index (χ3v) is 5.60. The van der Waals surface area contributed by atoms with Crippen LogP contribution in [0.2, 0.25) is 0 Å². The first-order valence-electron chi connectivity index (χ1n) is 10.4. The second-order valence-electron chi connectivity index (χ2n) is 7.69. The van der Waals surface area contributed by atoms with Gasteiger partial charge in [0.05, 0.1) is 11.8 Å². The van der Waals surface area contributed by atoms with Crippen LogP contribution in [0, 0.1) is 23.7 Å². The van der Waals surface area contributed by atoms with Crippen LogP contribution in [0.3, 0.4) is 0 Å². The minimum Gasteiger partial charge on any atom is -0.481 e. The largest absolute Gasteiger partial charge is 0.481 e. The molecule has 0 amide bonds. The van der Waals surface area contributed by atoms with Crippen LogP contribution < -0.4 is 0 Å². The molecule has 27 heavy (non-hydrogen) atoms. The summed E-state index contributed by atoms with van der Waals surface area (Å²) >= 11 is 0. The Hall–Kier alpha value is -1.91. The highest BCUT2D eigenvalue weighted by atomic mass is 16.6. The highest BCUT2D eigenvalue weighted by Crippen LogP contribution is 2.42. The highest BCUT2D eigenvalue weighted by Gasteiger charge is 2.51. The van der Waals surface area contributed by atoms with E-state index in [1.807, 2.05) is 0 Å². The van der Waals surface area contributed by atoms with Gasteiger partial charge in [0, 0.05) is 12.3 Å². The molecule has 5 heteroatoms. The van der Waals surface area contributed by atoms with Gasteiger partial charge in [0.25, 0.3) is 0 Å². The average molecular weight is 376 g/mol. The number of esters is 2. The van der Waals surface area contributed by atoms with Crippen molar-refractivity contribution in [2.45, 2.75) is 71.1 Å². The predicted octanol–water partition coefficient (Wildman–Crippen LogP) is 4.67. The van der Waals surface area contributed by atoms with Crippen molar-refractivity contribution in [2.75, 3.05) is 0 Å². The zero-order chi connectivity index (χ0) is 19.6. The fourth-order valence-corrected chi connectivity index (χ4v) is 4.10. The molecule has 1 aliphatic carbocycles. The first kappa shape index (κ1) is 21.4. The molecule has 0 spiro atoms. The lowest BCUT2D eigenvalue weighted by Gasteiger charge is -2.29. The van der Waals surface area contributed by atoms with Crippen LogP contribution in [0.5, 0.6) is 0 Å². The molecule has 1 heterocycles. The molecular weight excluding hydrogens is 344 g/mol. The number of fused-ring (bicyclic) bond motifs is 1. The molecule has 150 valence electrons. The van der Waals surface area contributed by atoms with Gasteiger partial charge in [-0.05, 0) is 31.6 Å². The molecule has 0 aromatic heterocycles. The van der Waals surface area contributed by atoms with E-state index in [9.17, 15) is 14.4 Å². The van der Waals surface area contributed by atoms with Gasteiger partial charge in [0.1, 0.15) is 0 Å². The van der Waals surface area contributed by atoms with Gasteiger partial charge in [-0.1, -0.05) is 63.3 Å². The molecular formula is C22H32O5. The van der Waals surface area contributed by atoms with Crippen LogP contribution in [0.15, 0.2) is 24.3 Å². The van der Waals surface area contributed by atoms with Crippen molar-refractivity contribution in [3.05, 3.63) is 24.3 Å². The summed E-state index contributed by atoms with van der Waals surface area (Å²) in [5, 5.41) is 8.60. The van der Waals surface area contributed by atoms with Crippen molar-refractivity contribution in [3.63, 3.8) is 0 Å². The number of allylic oxidation sites excluding steroid dienone is 4. The summed E-state index contributed by atoms with van der Waals surface area (Å²) in [5.41, 5.74) is 0. The number of carbonyl (C=O) groups excluding carboxylic acids is 2. The molecule has 0 aromatic rings. The standard InChI is InChI=1S/C22H32O5/c1-2-3-11-16-14-15-17(20-19(16)21(25)27-22(20)26)12-9-7-5-4-6-8-10-13-18(23)24/h9,12,14-17,19-20H,2-8,10-11,13H2,1H3,(H,23,24)/b12-9-. The topological polar surface area (TPSA) is 80.7 Å². The maximum Gasteiger partial charge on any atom is 0.318 e. The van der Waals surface area contributed by atoms with Gasteiger partial charge >= 0.3 is 17.9 Å². The van der Waals surface area contributed by atoms with E-state index >= 15 is 0 Å². The van der Waals surface area contributed by atoms with Crippen molar-refractivity contribution >= 4 is 17.9 Å². The quantitative estimate of drug-likeness (QED) is 0.232. The third kappa shape index (κ3) is 6.33. The number of carboxylic acid groups (broad SMARTS) is 1. The molecule has 0 aromatic carbocycles. The minimum atomic E-state index is -0.724. The Morgan fingerprint density at radius 2 is 1.74 bits per heavy atom. The Morgan fingerprint density at radius 1 is 1.04 bits per heavy atom. The SMILES string of the molecule is CCCCC1C=CC(/C=C\CCCCCCCC(=O)O)C2C(=O)OC(=O)C12. The first-order valence-corrected chi connectivity index (χ1v) is 10.4. The Kier molecular flexibility index (Phi) is 8.76. The van der Waals surface area contributed by atoms with Gasteiger partial charge in [0.15, 0.2) is 0 Å². The van der Waals surface area contributed by atoms with Gasteiger partial charge in [-0.2, -0.15) is 0 Å². The van der Waals surface area contributed by atoms with E-state index in [-0.39, 0.29) is 42.0 Å². The highest BCUT2D eigenvalue weighted by molar-refractivity contribution is 5.97. The average Bonchev–Trinajstić information content (AvgIpc) is 2.94. The van der Waals surface area contributed by atoms with Crippen LogP contribution in [0.4, 0.5) is 0 Å². The number of aliphatic carboxylic acids is 1. The fraction of sp³-hybridized carbons (Fsp3) is 0.682. The molecule has 4 atom stereocenters. The molecule has 1 aliphatic heterocycles. The van der Waals surface area contributed by atoms with Gasteiger partial charge in [-0.15, -0.1) is 0 Å². The van der Waals surface area contributed by atoms with Crippen molar-refractivity contribution in [1.82, 2.24) is 0 Å². The molecule has 0 bridgehead atoms. The van der Waals surface area contributed by atoms with Crippen molar-refractivity contribution in [2.24, 2.45) is 23.7 Å². The van der Waals surface area contributed by atoms with Gasteiger partial charge in [0.2, 0.25) is 0 Å². The lowest BCUT2D eigenvalue weighted by atomic mass is 9.70. The normalized spacial score (nSPS) is 27.1. The summed E-state index contributed by atoms with van der Waals surface area (Å²) in [6, 6.07) is 0. The lowest BCUT2D eigenvalue weighted by molar-refractivity contribution is -0.154. The van der Waals surface area contributed by atoms with Crippen molar-refractivity contribution in [3.8, 4) is 0 Å². The molecule has 5 nitrogen and oxygen atoms in total. The maximum atomic E-state index is 12.2. The summed E-state index contributed by atoms with van der Waals surface area (Å²) in [6.45, 7) is 2.12. The van der Waals surface area contributed by atoms with Crippen LogP contribution in [-0.4, -0.2) is 23.0 Å². The third-order valence-electron chi connectivity index (χ3n) is 5.60. The zero-order valence-electron chi connectivity index (χ0n) is 16.3. The van der Waals surface area contributed by atoms with Crippen LogP contribution in [-0.2, 0) is 19.1 Å². The molecule has 2 aliphatic rings. The second-order valence-corrected chi connectivity index (χ2v) is 7.69. The summed E-state index contributed by atoms with van der Waals surface area (Å²) in [5.74, 6) is -2.07. The molecule has 2 rings (SSSR count). The smallest absolute Gasteiger partial charge is 0.318 e. The zero-order valence-corrected chi connectivity index (χ0v) is 16.3. The maximum absolute atomic E-state index is 12.2. The van der Waals surface area contributed by atoms with Crippen molar-refractivity contribution < 1.29 is 24.2 Å². The predicted molar refractivity (Wildman–Crippen MR) is 103 cm³/mol. The fourth-order valence-electron chi connectivity index (χ4n) is 4.10. The number of ether oxygens (including phenoxy) is 1. The van der Waals surface area contributed by atoms with E-state index in [2.05, 4.69) is 31.2 Å². The Balaban J connectivity index is 1.78. The molecule has 0 saturated carbocycles. The van der Waals surface area contributed by atoms with Crippen LogP contribution >= 0.6 is 0 Å². The van der Waals surface area contributed by atoms with Gasteiger partial charge in [-0.25, -0.2) is 0 Å². The molecule has 1 fully saturated rings. The van der Waals surface area contributed by atoms with Crippen molar-refractivity contribution in [1.29, 1.82) is 0 Å². The van der Waals surface area contributed by atoms with E-state index in [0.29, 0.717) is 0 Å². The van der Waals surface area contributed by atoms with E-state index in [4.69, 9.17) is 9.84 Å². The summed E-state index contributed by atoms with van der Waals surface area (Å²) < 4.78 is 4.95. The Bertz CT molecular complexity index is 577. The Morgan fingerprint density at radius 3 is 2.48 bits per heavy atom. The summed E-state index contributed by atoms with van der Waals surface area (Å²) in [7, 11) is 0. The number of unbranched alkanes of at least 4 members (excludes halogenated alkanes) is 6. The summed E-state index contributed by atoms with van der Waals surface area (Å²) in [6.07, 6.45) is 17.5. The van der Waals surface area contributed by atoms with Gasteiger partial charge < -0.3 is 9.84 Å². The minimum absolute atomic E-state index is 0.0533. The van der Waals surface area contributed by atoms with E-state index in [1.54, 1.807) is 0 Å². The van der Waals surface area contributed by atoms with Crippen LogP contribution in [0.1, 0.15) is 71.1 Å². The molecule has 4 unspecified atom stereocenters.